The van der Waals surface area contributed by atoms with Crippen molar-refractivity contribution < 1.29 is 4.79 Å². The normalized spacial score (nSPS) is 17.3. The minimum absolute atomic E-state index is 0.0342. The Kier molecular flexibility index (Phi) is 4.41. The van der Waals surface area contributed by atoms with Crippen molar-refractivity contribution >= 4 is 33.1 Å². The Labute approximate surface area is 158 Å². The third-order valence-corrected chi connectivity index (χ3v) is 6.50. The molecular weight excluding hydrogens is 342 g/mol. The van der Waals surface area contributed by atoms with Gasteiger partial charge in [-0.2, -0.15) is 0 Å². The van der Waals surface area contributed by atoms with Gasteiger partial charge in [-0.1, -0.05) is 30.3 Å². The average molecular weight is 366 g/mol. The van der Waals surface area contributed by atoms with Crippen molar-refractivity contribution in [3.63, 3.8) is 0 Å². The van der Waals surface area contributed by atoms with E-state index < -0.39 is 0 Å². The first-order chi connectivity index (χ1) is 12.5. The number of para-hydroxylation sites is 2. The SMILES string of the molecule is C[C@@H](c1nc2ccccc2s1)N(C)C(=O)CN1c2ccccc2C[C@@H]1C. The first-order valence-corrected chi connectivity index (χ1v) is 9.82. The number of likely N-dealkylation sites (N-methyl/N-ethyl adjacent to an activating group) is 1. The van der Waals surface area contributed by atoms with E-state index in [1.807, 2.05) is 36.2 Å². The van der Waals surface area contributed by atoms with Gasteiger partial charge >= 0.3 is 0 Å². The van der Waals surface area contributed by atoms with Gasteiger partial charge in [-0.3, -0.25) is 4.79 Å². The fourth-order valence-corrected chi connectivity index (χ4v) is 4.64. The summed E-state index contributed by atoms with van der Waals surface area (Å²) < 4.78 is 1.16. The summed E-state index contributed by atoms with van der Waals surface area (Å²) in [4.78, 5) is 21.7. The number of hydrogen-bond donors (Lipinski definition) is 0. The summed E-state index contributed by atoms with van der Waals surface area (Å²) in [5.41, 5.74) is 3.52. The molecular formula is C21H23N3OS. The second-order valence-electron chi connectivity index (χ2n) is 7.01. The van der Waals surface area contributed by atoms with Gasteiger partial charge in [-0.25, -0.2) is 4.98 Å². The molecule has 0 saturated heterocycles. The van der Waals surface area contributed by atoms with Crippen LogP contribution in [0.15, 0.2) is 48.5 Å². The topological polar surface area (TPSA) is 36.4 Å². The second kappa shape index (κ2) is 6.72. The van der Waals surface area contributed by atoms with E-state index in [0.717, 1.165) is 21.6 Å². The second-order valence-corrected chi connectivity index (χ2v) is 8.07. The number of rotatable bonds is 4. The van der Waals surface area contributed by atoms with Gasteiger partial charge < -0.3 is 9.80 Å². The molecule has 134 valence electrons. The van der Waals surface area contributed by atoms with E-state index in [0.29, 0.717) is 12.6 Å². The lowest BCUT2D eigenvalue weighted by Crippen LogP contribution is -2.41. The number of nitrogens with zero attached hydrogens (tertiary/aromatic N) is 3. The molecule has 0 spiro atoms. The molecule has 0 unspecified atom stereocenters. The van der Waals surface area contributed by atoms with E-state index in [9.17, 15) is 4.79 Å². The van der Waals surface area contributed by atoms with Crippen molar-refractivity contribution in [1.29, 1.82) is 0 Å². The van der Waals surface area contributed by atoms with Crippen molar-refractivity contribution in [3.8, 4) is 0 Å². The van der Waals surface area contributed by atoms with Crippen LogP contribution in [0.4, 0.5) is 5.69 Å². The van der Waals surface area contributed by atoms with Gasteiger partial charge in [0.05, 0.1) is 22.8 Å². The van der Waals surface area contributed by atoms with E-state index in [4.69, 9.17) is 4.98 Å². The number of aromatic nitrogens is 1. The van der Waals surface area contributed by atoms with Crippen LogP contribution >= 0.6 is 11.3 Å². The van der Waals surface area contributed by atoms with Crippen LogP contribution in [-0.4, -0.2) is 35.4 Å². The molecule has 0 radical (unpaired) electrons. The maximum Gasteiger partial charge on any atom is 0.242 e. The number of hydrogen-bond acceptors (Lipinski definition) is 4. The molecule has 1 aliphatic rings. The molecule has 1 aromatic heterocycles. The van der Waals surface area contributed by atoms with Crippen LogP contribution in [0.3, 0.4) is 0 Å². The zero-order chi connectivity index (χ0) is 18.3. The fraction of sp³-hybridized carbons (Fsp3) is 0.333. The summed E-state index contributed by atoms with van der Waals surface area (Å²) in [6.45, 7) is 4.64. The molecule has 3 aromatic rings. The Bertz CT molecular complexity index is 918. The summed E-state index contributed by atoms with van der Waals surface area (Å²) in [6, 6.07) is 16.8. The van der Waals surface area contributed by atoms with Crippen LogP contribution in [0.2, 0.25) is 0 Å². The molecule has 1 amide bonds. The lowest BCUT2D eigenvalue weighted by Gasteiger charge is -2.29. The maximum atomic E-state index is 12.9. The lowest BCUT2D eigenvalue weighted by atomic mass is 10.1. The lowest BCUT2D eigenvalue weighted by molar-refractivity contribution is -0.130. The highest BCUT2D eigenvalue weighted by Crippen LogP contribution is 2.32. The molecule has 2 atom stereocenters. The Balaban J connectivity index is 1.51. The average Bonchev–Trinajstić information content (AvgIpc) is 3.22. The minimum Gasteiger partial charge on any atom is -0.359 e. The van der Waals surface area contributed by atoms with E-state index in [2.05, 4.69) is 43.0 Å². The molecule has 0 bridgehead atoms. The molecule has 2 aromatic carbocycles. The summed E-state index contributed by atoms with van der Waals surface area (Å²) in [6.07, 6.45) is 1.00. The zero-order valence-corrected chi connectivity index (χ0v) is 16.2. The van der Waals surface area contributed by atoms with E-state index in [-0.39, 0.29) is 11.9 Å². The number of amides is 1. The predicted octanol–water partition coefficient (Wildman–Crippen LogP) is 4.27. The van der Waals surface area contributed by atoms with Crippen molar-refractivity contribution in [2.24, 2.45) is 0 Å². The smallest absolute Gasteiger partial charge is 0.242 e. The largest absolute Gasteiger partial charge is 0.359 e. The van der Waals surface area contributed by atoms with Crippen LogP contribution in [0.1, 0.15) is 30.5 Å². The van der Waals surface area contributed by atoms with Gasteiger partial charge in [0, 0.05) is 18.8 Å². The molecule has 0 aliphatic carbocycles. The van der Waals surface area contributed by atoms with Gasteiger partial charge in [0.2, 0.25) is 5.91 Å². The summed E-state index contributed by atoms with van der Waals surface area (Å²) >= 11 is 1.66. The van der Waals surface area contributed by atoms with Gasteiger partial charge in [-0.15, -0.1) is 11.3 Å². The van der Waals surface area contributed by atoms with Crippen LogP contribution in [-0.2, 0) is 11.2 Å². The molecule has 5 heteroatoms. The number of carbonyl (C=O) groups is 1. The standard InChI is InChI=1S/C21H23N3OS/c1-14-12-16-8-4-6-10-18(16)24(14)13-20(25)23(3)15(2)21-22-17-9-5-7-11-19(17)26-21/h4-11,14-15H,12-13H2,1-3H3/t14-,15-/m0/s1. The Morgan fingerprint density at radius 2 is 2.00 bits per heavy atom. The monoisotopic (exact) mass is 365 g/mol. The third kappa shape index (κ3) is 2.97. The highest BCUT2D eigenvalue weighted by atomic mass is 32.1. The number of fused-ring (bicyclic) bond motifs is 2. The quantitative estimate of drug-likeness (QED) is 0.693. The summed E-state index contributed by atoms with van der Waals surface area (Å²) in [5.74, 6) is 0.125. The van der Waals surface area contributed by atoms with E-state index in [1.165, 1.54) is 11.3 Å². The van der Waals surface area contributed by atoms with Gasteiger partial charge in [0.25, 0.3) is 0 Å². The van der Waals surface area contributed by atoms with E-state index >= 15 is 0 Å². The zero-order valence-electron chi connectivity index (χ0n) is 15.3. The summed E-state index contributed by atoms with van der Waals surface area (Å²) in [5, 5.41) is 0.983. The van der Waals surface area contributed by atoms with Gasteiger partial charge in [-0.05, 0) is 44.0 Å². The highest BCUT2D eigenvalue weighted by Gasteiger charge is 2.29. The van der Waals surface area contributed by atoms with Crippen molar-refractivity contribution in [1.82, 2.24) is 9.88 Å². The van der Waals surface area contributed by atoms with Crippen molar-refractivity contribution in [2.75, 3.05) is 18.5 Å². The van der Waals surface area contributed by atoms with Crippen LogP contribution in [0, 0.1) is 0 Å². The van der Waals surface area contributed by atoms with Crippen molar-refractivity contribution in [2.45, 2.75) is 32.4 Å². The van der Waals surface area contributed by atoms with Crippen LogP contribution in [0.25, 0.3) is 10.2 Å². The number of benzene rings is 2. The molecule has 0 saturated carbocycles. The maximum absolute atomic E-state index is 12.9. The van der Waals surface area contributed by atoms with Crippen molar-refractivity contribution in [3.05, 3.63) is 59.1 Å². The molecule has 0 fully saturated rings. The molecule has 26 heavy (non-hydrogen) atoms. The van der Waals surface area contributed by atoms with E-state index in [1.54, 1.807) is 11.3 Å². The Hall–Kier alpha value is -2.40. The molecule has 4 nitrogen and oxygen atoms in total. The first kappa shape index (κ1) is 17.0. The van der Waals surface area contributed by atoms with Gasteiger partial charge in [0.15, 0.2) is 0 Å². The predicted molar refractivity (Wildman–Crippen MR) is 108 cm³/mol. The first-order valence-electron chi connectivity index (χ1n) is 9.00. The van der Waals surface area contributed by atoms with Gasteiger partial charge in [0.1, 0.15) is 5.01 Å². The minimum atomic E-state index is -0.0342. The third-order valence-electron chi connectivity index (χ3n) is 5.30. The highest BCUT2D eigenvalue weighted by molar-refractivity contribution is 7.18. The van der Waals surface area contributed by atoms with Crippen LogP contribution < -0.4 is 4.90 Å². The number of thiazole rings is 1. The molecule has 1 aliphatic heterocycles. The Morgan fingerprint density at radius 1 is 1.27 bits per heavy atom. The molecule has 4 rings (SSSR count). The molecule has 0 N–H and O–H groups in total. The fourth-order valence-electron chi connectivity index (χ4n) is 3.58. The number of anilines is 1. The number of carbonyl (C=O) groups excluding carboxylic acids is 1. The Morgan fingerprint density at radius 3 is 2.81 bits per heavy atom. The van der Waals surface area contributed by atoms with Crippen LogP contribution in [0.5, 0.6) is 0 Å². The summed E-state index contributed by atoms with van der Waals surface area (Å²) in [7, 11) is 1.88. The molecule has 2 heterocycles.